The Morgan fingerprint density at radius 3 is 2.89 bits per heavy atom. The molecule has 1 saturated heterocycles. The molecule has 1 unspecified atom stereocenters. The van der Waals surface area contributed by atoms with Crippen molar-refractivity contribution in [2.75, 3.05) is 17.2 Å². The number of anilines is 2. The minimum absolute atomic E-state index is 0.320. The number of hydrogen-bond acceptors (Lipinski definition) is 3. The molecule has 0 saturated carbocycles. The molecule has 1 aromatic rings. The van der Waals surface area contributed by atoms with Crippen molar-refractivity contribution in [3.05, 3.63) is 23.8 Å². The van der Waals surface area contributed by atoms with E-state index in [9.17, 15) is 9.90 Å². The molecule has 0 bridgehead atoms. The molecule has 3 N–H and O–H groups in total. The van der Waals surface area contributed by atoms with Gasteiger partial charge in [-0.2, -0.15) is 0 Å². The van der Waals surface area contributed by atoms with E-state index in [0.29, 0.717) is 17.3 Å². The number of carboxylic acids is 1. The summed E-state index contributed by atoms with van der Waals surface area (Å²) in [5.41, 5.74) is 7.35. The second-order valence-corrected chi connectivity index (χ2v) is 5.19. The minimum atomic E-state index is -0.901. The molecule has 1 aliphatic rings. The molecule has 0 amide bonds. The third kappa shape index (κ3) is 3.00. The summed E-state index contributed by atoms with van der Waals surface area (Å²) in [4.78, 5) is 13.7. The Morgan fingerprint density at radius 1 is 1.42 bits per heavy atom. The second kappa shape index (κ2) is 5.95. The van der Waals surface area contributed by atoms with Crippen LogP contribution >= 0.6 is 0 Å². The molecule has 1 heterocycles. The van der Waals surface area contributed by atoms with Crippen LogP contribution in [0.4, 0.5) is 11.4 Å². The third-order valence-corrected chi connectivity index (χ3v) is 3.91. The van der Waals surface area contributed by atoms with Crippen LogP contribution in [-0.4, -0.2) is 23.7 Å². The second-order valence-electron chi connectivity index (χ2n) is 5.19. The standard InChI is InChI=1S/C15H22N2O2/c1-2-12-6-4-3-5-9-17(12)14-8-7-11(16)10-13(14)15(18)19/h7-8,10,12H,2-6,9,16H2,1H3,(H,18,19). The van der Waals surface area contributed by atoms with Gasteiger partial charge in [0.25, 0.3) is 0 Å². The number of benzene rings is 1. The first-order valence-electron chi connectivity index (χ1n) is 7.03. The highest BCUT2D eigenvalue weighted by molar-refractivity contribution is 5.95. The normalized spacial score (nSPS) is 20.1. The lowest BCUT2D eigenvalue weighted by atomic mass is 10.0. The van der Waals surface area contributed by atoms with E-state index >= 15 is 0 Å². The Labute approximate surface area is 114 Å². The number of carboxylic acid groups (broad SMARTS) is 1. The van der Waals surface area contributed by atoms with Crippen LogP contribution in [-0.2, 0) is 0 Å². The number of rotatable bonds is 3. The molecule has 0 radical (unpaired) electrons. The van der Waals surface area contributed by atoms with Crippen LogP contribution in [0.25, 0.3) is 0 Å². The molecule has 1 aromatic carbocycles. The van der Waals surface area contributed by atoms with E-state index in [1.807, 2.05) is 6.07 Å². The Morgan fingerprint density at radius 2 is 2.21 bits per heavy atom. The molecule has 4 nitrogen and oxygen atoms in total. The summed E-state index contributed by atoms with van der Waals surface area (Å²) in [5, 5.41) is 9.37. The molecular weight excluding hydrogens is 240 g/mol. The van der Waals surface area contributed by atoms with Crippen molar-refractivity contribution < 1.29 is 9.90 Å². The van der Waals surface area contributed by atoms with Crippen molar-refractivity contribution in [3.8, 4) is 0 Å². The summed E-state index contributed by atoms with van der Waals surface area (Å²) in [6.45, 7) is 3.10. The highest BCUT2D eigenvalue weighted by atomic mass is 16.4. The van der Waals surface area contributed by atoms with Crippen LogP contribution in [0.1, 0.15) is 49.4 Å². The maximum absolute atomic E-state index is 11.4. The lowest BCUT2D eigenvalue weighted by Gasteiger charge is -2.32. The van der Waals surface area contributed by atoms with E-state index in [1.165, 1.54) is 12.8 Å². The highest BCUT2D eigenvalue weighted by Gasteiger charge is 2.23. The Balaban J connectivity index is 2.40. The van der Waals surface area contributed by atoms with Gasteiger partial charge in [-0.3, -0.25) is 0 Å². The number of nitrogens with two attached hydrogens (primary N) is 1. The summed E-state index contributed by atoms with van der Waals surface area (Å²) in [5.74, 6) is -0.901. The molecule has 19 heavy (non-hydrogen) atoms. The SMILES string of the molecule is CCC1CCCCCN1c1ccc(N)cc1C(=O)O. The maximum Gasteiger partial charge on any atom is 0.337 e. The largest absolute Gasteiger partial charge is 0.478 e. The summed E-state index contributed by atoms with van der Waals surface area (Å²) in [7, 11) is 0. The Kier molecular flexibility index (Phi) is 4.30. The zero-order valence-corrected chi connectivity index (χ0v) is 11.4. The first-order valence-corrected chi connectivity index (χ1v) is 7.03. The van der Waals surface area contributed by atoms with E-state index in [0.717, 1.165) is 31.5 Å². The number of hydrogen-bond donors (Lipinski definition) is 2. The molecule has 2 rings (SSSR count). The molecule has 1 atom stereocenters. The fourth-order valence-electron chi connectivity index (χ4n) is 2.89. The predicted molar refractivity (Wildman–Crippen MR) is 77.7 cm³/mol. The summed E-state index contributed by atoms with van der Waals surface area (Å²) in [6.07, 6.45) is 5.76. The van der Waals surface area contributed by atoms with E-state index in [1.54, 1.807) is 12.1 Å². The van der Waals surface area contributed by atoms with Crippen LogP contribution in [0.3, 0.4) is 0 Å². The van der Waals surface area contributed by atoms with Gasteiger partial charge in [-0.15, -0.1) is 0 Å². The third-order valence-electron chi connectivity index (χ3n) is 3.91. The van der Waals surface area contributed by atoms with E-state index in [4.69, 9.17) is 5.73 Å². The van der Waals surface area contributed by atoms with Crippen molar-refractivity contribution in [3.63, 3.8) is 0 Å². The summed E-state index contributed by atoms with van der Waals surface area (Å²) >= 11 is 0. The molecule has 104 valence electrons. The van der Waals surface area contributed by atoms with Crippen molar-refractivity contribution in [2.45, 2.75) is 45.1 Å². The van der Waals surface area contributed by atoms with Gasteiger partial charge in [-0.1, -0.05) is 19.8 Å². The quantitative estimate of drug-likeness (QED) is 0.821. The first-order chi connectivity index (χ1) is 9.13. The molecular formula is C15H22N2O2. The van der Waals surface area contributed by atoms with Gasteiger partial charge < -0.3 is 15.7 Å². The molecule has 1 fully saturated rings. The van der Waals surface area contributed by atoms with Crippen LogP contribution in [0.5, 0.6) is 0 Å². The van der Waals surface area contributed by atoms with Gasteiger partial charge in [0.05, 0.1) is 11.3 Å². The van der Waals surface area contributed by atoms with E-state index < -0.39 is 5.97 Å². The van der Waals surface area contributed by atoms with E-state index in [2.05, 4.69) is 11.8 Å². The Hall–Kier alpha value is -1.71. The monoisotopic (exact) mass is 262 g/mol. The lowest BCUT2D eigenvalue weighted by Crippen LogP contribution is -2.35. The fraction of sp³-hybridized carbons (Fsp3) is 0.533. The predicted octanol–water partition coefficient (Wildman–Crippen LogP) is 3.13. The van der Waals surface area contributed by atoms with E-state index in [-0.39, 0.29) is 0 Å². The van der Waals surface area contributed by atoms with Crippen LogP contribution in [0.2, 0.25) is 0 Å². The average Bonchev–Trinajstić information content (AvgIpc) is 2.63. The summed E-state index contributed by atoms with van der Waals surface area (Å²) < 4.78 is 0. The first kappa shape index (κ1) is 13.7. The molecule has 0 aliphatic carbocycles. The number of aromatic carboxylic acids is 1. The van der Waals surface area contributed by atoms with Gasteiger partial charge in [0.1, 0.15) is 0 Å². The molecule has 4 heteroatoms. The van der Waals surface area contributed by atoms with Gasteiger partial charge in [-0.25, -0.2) is 4.79 Å². The average molecular weight is 262 g/mol. The van der Waals surface area contributed by atoms with Gasteiger partial charge >= 0.3 is 5.97 Å². The smallest absolute Gasteiger partial charge is 0.337 e. The van der Waals surface area contributed by atoms with Crippen molar-refractivity contribution >= 4 is 17.3 Å². The topological polar surface area (TPSA) is 66.6 Å². The van der Waals surface area contributed by atoms with Gasteiger partial charge in [0.15, 0.2) is 0 Å². The van der Waals surface area contributed by atoms with Crippen molar-refractivity contribution in [2.24, 2.45) is 0 Å². The maximum atomic E-state index is 11.4. The summed E-state index contributed by atoms with van der Waals surface area (Å²) in [6, 6.07) is 5.64. The number of carbonyl (C=O) groups is 1. The van der Waals surface area contributed by atoms with Gasteiger partial charge in [0, 0.05) is 18.3 Å². The zero-order valence-electron chi connectivity index (χ0n) is 11.4. The molecule has 0 aromatic heterocycles. The van der Waals surface area contributed by atoms with Crippen molar-refractivity contribution in [1.82, 2.24) is 0 Å². The zero-order chi connectivity index (χ0) is 13.8. The molecule has 1 aliphatic heterocycles. The van der Waals surface area contributed by atoms with Gasteiger partial charge in [-0.05, 0) is 37.5 Å². The number of nitrogen functional groups attached to an aromatic ring is 1. The van der Waals surface area contributed by atoms with Gasteiger partial charge in [0.2, 0.25) is 0 Å². The highest BCUT2D eigenvalue weighted by Crippen LogP contribution is 2.30. The van der Waals surface area contributed by atoms with Crippen LogP contribution < -0.4 is 10.6 Å². The molecule has 0 spiro atoms. The van der Waals surface area contributed by atoms with Crippen LogP contribution in [0, 0.1) is 0 Å². The Bertz CT molecular complexity index is 459. The fourth-order valence-corrected chi connectivity index (χ4v) is 2.89. The minimum Gasteiger partial charge on any atom is -0.478 e. The van der Waals surface area contributed by atoms with Crippen molar-refractivity contribution in [1.29, 1.82) is 0 Å². The van der Waals surface area contributed by atoms with Crippen LogP contribution in [0.15, 0.2) is 18.2 Å². The number of nitrogens with zero attached hydrogens (tertiary/aromatic N) is 1. The lowest BCUT2D eigenvalue weighted by molar-refractivity contribution is 0.0697.